The minimum atomic E-state index is -0.329. The Bertz CT molecular complexity index is 832. The highest BCUT2D eigenvalue weighted by atomic mass is 32.1. The molecule has 0 spiro atoms. The fourth-order valence-electron chi connectivity index (χ4n) is 1.78. The largest absolute Gasteiger partial charge is 0.465 e. The van der Waals surface area contributed by atoms with E-state index in [4.69, 9.17) is 6.11 Å². The van der Waals surface area contributed by atoms with Gasteiger partial charge in [0.25, 0.3) is 5.19 Å². The number of hydrogen-bond acceptors (Lipinski definition) is 6. The predicted octanol–water partition coefficient (Wildman–Crippen LogP) is 0.340. The second-order valence-electron chi connectivity index (χ2n) is 4.16. The molecule has 0 bridgehead atoms. The zero-order valence-corrected chi connectivity index (χ0v) is 11.7. The number of nitrogens with zero attached hydrogens (tertiary/aromatic N) is 6. The van der Waals surface area contributed by atoms with Crippen LogP contribution in [-0.4, -0.2) is 29.3 Å². The van der Waals surface area contributed by atoms with E-state index in [0.29, 0.717) is 10.9 Å². The van der Waals surface area contributed by atoms with Crippen LogP contribution in [0.1, 0.15) is 6.93 Å². The van der Waals surface area contributed by atoms with Crippen molar-refractivity contribution in [1.29, 1.82) is 0 Å². The average Bonchev–Trinajstić information content (AvgIpc) is 3.10. The molecule has 0 N–H and O–H groups in total. The zero-order valence-electron chi connectivity index (χ0n) is 11.8. The fraction of sp³-hybridized carbons (Fsp3) is 0.273. The van der Waals surface area contributed by atoms with E-state index in [2.05, 4.69) is 15.4 Å². The number of thiazole rings is 1. The van der Waals surface area contributed by atoms with Gasteiger partial charge in [0.05, 0.1) is 7.06 Å². The Balaban J connectivity index is 1.89. The van der Waals surface area contributed by atoms with Crippen molar-refractivity contribution in [2.24, 2.45) is 14.1 Å². The van der Waals surface area contributed by atoms with Gasteiger partial charge in [-0.1, -0.05) is 11.3 Å². The van der Waals surface area contributed by atoms with Gasteiger partial charge in [-0.15, -0.1) is 0 Å². The van der Waals surface area contributed by atoms with Crippen LogP contribution < -0.4 is 10.4 Å². The highest BCUT2D eigenvalue weighted by Crippen LogP contribution is 2.18. The third-order valence-electron chi connectivity index (χ3n) is 2.68. The second kappa shape index (κ2) is 4.93. The predicted molar refractivity (Wildman–Crippen MR) is 72.0 cm³/mol. The lowest BCUT2D eigenvalue weighted by Gasteiger charge is -2.02. The molecule has 3 aromatic rings. The third-order valence-corrected chi connectivity index (χ3v) is 3.32. The molecule has 0 radical (unpaired) electrons. The molecule has 3 heterocycles. The summed E-state index contributed by atoms with van der Waals surface area (Å²) < 4.78 is 17.1. The van der Waals surface area contributed by atoms with E-state index in [1.54, 1.807) is 11.6 Å². The van der Waals surface area contributed by atoms with Crippen molar-refractivity contribution in [2.75, 3.05) is 0 Å². The lowest BCUT2D eigenvalue weighted by molar-refractivity contribution is 0.304. The van der Waals surface area contributed by atoms with Gasteiger partial charge in [-0.05, 0) is 10.4 Å². The Kier molecular flexibility index (Phi) is 2.81. The zero-order chi connectivity index (χ0) is 15.0. The number of rotatable bonds is 4. The van der Waals surface area contributed by atoms with Crippen LogP contribution in [0.5, 0.6) is 5.19 Å². The topological polar surface area (TPSA) is 79.8 Å². The monoisotopic (exact) mass is 294 g/mol. The van der Waals surface area contributed by atoms with Crippen LogP contribution in [0.4, 0.5) is 0 Å². The maximum Gasteiger partial charge on any atom is 0.368 e. The quantitative estimate of drug-likeness (QED) is 0.693. The minimum absolute atomic E-state index is 0.174. The van der Waals surface area contributed by atoms with Gasteiger partial charge >= 0.3 is 5.69 Å². The van der Waals surface area contributed by atoms with Crippen LogP contribution in [0.15, 0.2) is 28.7 Å². The van der Waals surface area contributed by atoms with Gasteiger partial charge in [0.15, 0.2) is 0 Å². The Labute approximate surface area is 119 Å². The molecule has 0 saturated carbocycles. The minimum Gasteiger partial charge on any atom is -0.465 e. The molecular formula is C11H12N6O2S. The van der Waals surface area contributed by atoms with Crippen molar-refractivity contribution in [3.63, 3.8) is 0 Å². The van der Waals surface area contributed by atoms with E-state index in [0.717, 1.165) is 10.2 Å². The average molecular weight is 294 g/mol. The van der Waals surface area contributed by atoms with Gasteiger partial charge < -0.3 is 9.30 Å². The Morgan fingerprint density at radius 1 is 1.40 bits per heavy atom. The van der Waals surface area contributed by atoms with Crippen LogP contribution >= 0.6 is 11.3 Å². The standard InChI is InChI=1S/C11H12N6O2S/c1-15-5-8(7-19-10-12-3-4-20-10)9(6-15)17-11(18)16(2)13-14-17/h3-6H,7H2,1-2H3/i3T. The van der Waals surface area contributed by atoms with Crippen LogP contribution in [-0.2, 0) is 20.7 Å². The highest BCUT2D eigenvalue weighted by molar-refractivity contribution is 7.11. The van der Waals surface area contributed by atoms with Crippen LogP contribution in [0.25, 0.3) is 5.69 Å². The fourth-order valence-corrected chi connectivity index (χ4v) is 2.22. The Morgan fingerprint density at radius 3 is 2.90 bits per heavy atom. The summed E-state index contributed by atoms with van der Waals surface area (Å²) in [5, 5.41) is 9.53. The first kappa shape index (κ1) is 11.4. The van der Waals surface area contributed by atoms with Crippen molar-refractivity contribution >= 4 is 11.3 Å². The molecule has 0 aliphatic carbocycles. The molecule has 0 amide bonds. The van der Waals surface area contributed by atoms with E-state index < -0.39 is 0 Å². The smallest absolute Gasteiger partial charge is 0.368 e. The molecule has 0 aromatic carbocycles. The van der Waals surface area contributed by atoms with Crippen molar-refractivity contribution < 1.29 is 6.11 Å². The molecular weight excluding hydrogens is 280 g/mol. The second-order valence-corrected chi connectivity index (χ2v) is 4.98. The van der Waals surface area contributed by atoms with E-state index in [1.165, 1.54) is 23.1 Å². The normalized spacial score (nSPS) is 11.6. The number of tetrazole rings is 1. The maximum atomic E-state index is 11.9. The first-order chi connectivity index (χ1) is 10.0. The molecule has 0 aliphatic heterocycles. The van der Waals surface area contributed by atoms with Gasteiger partial charge in [-0.3, -0.25) is 0 Å². The number of ether oxygens (including phenoxy) is 1. The van der Waals surface area contributed by atoms with Crippen molar-refractivity contribution in [3.8, 4) is 10.9 Å². The summed E-state index contributed by atoms with van der Waals surface area (Å²) in [5.41, 5.74) is 1.06. The van der Waals surface area contributed by atoms with E-state index >= 15 is 0 Å². The van der Waals surface area contributed by atoms with Crippen LogP contribution in [0.2, 0.25) is 0 Å². The van der Waals surface area contributed by atoms with Crippen LogP contribution in [0.3, 0.4) is 0 Å². The van der Waals surface area contributed by atoms with Gasteiger partial charge in [0.2, 0.25) is 0 Å². The van der Waals surface area contributed by atoms with E-state index in [-0.39, 0.29) is 18.5 Å². The molecule has 0 fully saturated rings. The molecule has 3 aromatic heterocycles. The summed E-state index contributed by atoms with van der Waals surface area (Å²) in [5.74, 6) is 0. The Hall–Kier alpha value is -2.42. The molecule has 104 valence electrons. The maximum absolute atomic E-state index is 11.9. The van der Waals surface area contributed by atoms with Gasteiger partial charge in [-0.25, -0.2) is 9.78 Å². The van der Waals surface area contributed by atoms with Crippen molar-refractivity contribution in [2.45, 2.75) is 6.61 Å². The van der Waals surface area contributed by atoms with E-state index in [1.807, 2.05) is 17.8 Å². The SMILES string of the molecule is [3H]c1csc(OCc2cn(C)cc2-n2nnn(C)c2=O)n1. The Morgan fingerprint density at radius 2 is 2.25 bits per heavy atom. The summed E-state index contributed by atoms with van der Waals surface area (Å²) in [7, 11) is 3.38. The summed E-state index contributed by atoms with van der Waals surface area (Å²) >= 11 is 1.26. The van der Waals surface area contributed by atoms with Gasteiger partial charge in [0, 0.05) is 43.6 Å². The molecule has 0 saturated heterocycles. The third kappa shape index (κ3) is 2.23. The lowest BCUT2D eigenvalue weighted by atomic mass is 10.3. The van der Waals surface area contributed by atoms with E-state index in [9.17, 15) is 4.79 Å². The first-order valence-electron chi connectivity index (χ1n) is 6.24. The number of aromatic nitrogens is 6. The number of aryl methyl sites for hydroxylation is 2. The summed E-state index contributed by atoms with van der Waals surface area (Å²) in [6.07, 6.45) is 3.78. The van der Waals surface area contributed by atoms with Crippen molar-refractivity contribution in [1.82, 2.24) is 29.3 Å². The van der Waals surface area contributed by atoms with Gasteiger partial charge in [-0.2, -0.15) is 9.36 Å². The molecule has 0 atom stereocenters. The van der Waals surface area contributed by atoms with Gasteiger partial charge in [0.1, 0.15) is 6.61 Å². The summed E-state index contributed by atoms with van der Waals surface area (Å²) in [6.45, 7) is 0.228. The van der Waals surface area contributed by atoms with Crippen LogP contribution in [0, 0.1) is 0 Å². The molecule has 3 rings (SSSR count). The molecule has 0 unspecified atom stereocenters. The highest BCUT2D eigenvalue weighted by Gasteiger charge is 2.14. The molecule has 8 nitrogen and oxygen atoms in total. The molecule has 0 aliphatic rings. The summed E-state index contributed by atoms with van der Waals surface area (Å²) in [4.78, 5) is 15.8. The molecule has 9 heteroatoms. The lowest BCUT2D eigenvalue weighted by Crippen LogP contribution is -2.22. The first-order valence-corrected chi connectivity index (χ1v) is 6.61. The molecule has 20 heavy (non-hydrogen) atoms. The summed E-state index contributed by atoms with van der Waals surface area (Å²) in [6, 6.07) is 0. The number of hydrogen-bond donors (Lipinski definition) is 0. The van der Waals surface area contributed by atoms with Crippen molar-refractivity contribution in [3.05, 3.63) is 40.0 Å².